The van der Waals surface area contributed by atoms with E-state index in [-0.39, 0.29) is 23.0 Å². The van der Waals surface area contributed by atoms with Gasteiger partial charge in [-0.1, -0.05) is 6.07 Å². The van der Waals surface area contributed by atoms with Crippen molar-refractivity contribution >= 4 is 25.6 Å². The molecule has 0 aliphatic heterocycles. The number of carbonyl (C=O) groups excluding carboxylic acids is 1. The summed E-state index contributed by atoms with van der Waals surface area (Å²) in [5.74, 6) is 0.756. The minimum atomic E-state index is -3.91. The predicted molar refractivity (Wildman–Crippen MR) is 80.1 cm³/mol. The summed E-state index contributed by atoms with van der Waals surface area (Å²) < 4.78 is 28.0. The maximum atomic E-state index is 12.1. The fourth-order valence-corrected chi connectivity index (χ4v) is 3.17. The summed E-state index contributed by atoms with van der Waals surface area (Å²) >= 11 is 0. The molecule has 1 saturated carbocycles. The van der Waals surface area contributed by atoms with Crippen molar-refractivity contribution in [1.29, 1.82) is 0 Å². The van der Waals surface area contributed by atoms with Crippen molar-refractivity contribution in [1.82, 2.24) is 4.90 Å². The van der Waals surface area contributed by atoms with Crippen LogP contribution in [0.1, 0.15) is 18.4 Å². The van der Waals surface area contributed by atoms with E-state index >= 15 is 0 Å². The van der Waals surface area contributed by atoms with Crippen molar-refractivity contribution in [2.45, 2.75) is 24.2 Å². The van der Waals surface area contributed by atoms with E-state index in [2.05, 4.69) is 0 Å². The maximum Gasteiger partial charge on any atom is 0.264 e. The molecule has 1 aromatic rings. The second-order valence-electron chi connectivity index (χ2n) is 5.32. The van der Waals surface area contributed by atoms with E-state index in [1.807, 2.05) is 0 Å². The van der Waals surface area contributed by atoms with E-state index < -0.39 is 9.05 Å². The van der Waals surface area contributed by atoms with Crippen LogP contribution in [0.5, 0.6) is 5.75 Å². The summed E-state index contributed by atoms with van der Waals surface area (Å²) in [6.45, 7) is 0.760. The second kappa shape index (κ2) is 6.23. The lowest BCUT2D eigenvalue weighted by Crippen LogP contribution is -2.30. The Kier molecular flexibility index (Phi) is 4.78. The van der Waals surface area contributed by atoms with Gasteiger partial charge in [-0.2, -0.15) is 0 Å². The second-order valence-corrected chi connectivity index (χ2v) is 7.85. The van der Waals surface area contributed by atoms with E-state index in [1.54, 1.807) is 18.0 Å². The Morgan fingerprint density at radius 1 is 1.43 bits per heavy atom. The highest BCUT2D eigenvalue weighted by Crippen LogP contribution is 2.30. The summed E-state index contributed by atoms with van der Waals surface area (Å²) in [7, 11) is 4.61. The first-order chi connectivity index (χ1) is 9.81. The largest absolute Gasteiger partial charge is 0.495 e. The molecule has 116 valence electrons. The first kappa shape index (κ1) is 16.1. The average molecular weight is 332 g/mol. The van der Waals surface area contributed by atoms with Crippen LogP contribution in [0.3, 0.4) is 0 Å². The molecule has 0 atom stereocenters. The van der Waals surface area contributed by atoms with Crippen LogP contribution in [0.2, 0.25) is 0 Å². The zero-order chi connectivity index (χ0) is 15.6. The summed E-state index contributed by atoms with van der Waals surface area (Å²) in [4.78, 5) is 13.7. The number of halogens is 1. The lowest BCUT2D eigenvalue weighted by Gasteiger charge is -2.17. The Balaban J connectivity index is 2.14. The van der Waals surface area contributed by atoms with Crippen LogP contribution in [0.4, 0.5) is 0 Å². The zero-order valence-electron chi connectivity index (χ0n) is 12.0. The van der Waals surface area contributed by atoms with Gasteiger partial charge in [0.15, 0.2) is 0 Å². The predicted octanol–water partition coefficient (Wildman–Crippen LogP) is 2.03. The summed E-state index contributed by atoms with van der Waals surface area (Å²) in [5.41, 5.74) is 0.600. The molecule has 1 aromatic carbocycles. The van der Waals surface area contributed by atoms with Gasteiger partial charge in [0, 0.05) is 24.3 Å². The van der Waals surface area contributed by atoms with Crippen LogP contribution in [-0.2, 0) is 20.3 Å². The number of ether oxygens (including phenoxy) is 1. The van der Waals surface area contributed by atoms with Gasteiger partial charge in [0.25, 0.3) is 9.05 Å². The van der Waals surface area contributed by atoms with Crippen molar-refractivity contribution in [2.75, 3.05) is 20.7 Å². The van der Waals surface area contributed by atoms with Gasteiger partial charge in [-0.25, -0.2) is 8.42 Å². The van der Waals surface area contributed by atoms with E-state index in [9.17, 15) is 13.2 Å². The van der Waals surface area contributed by atoms with E-state index in [4.69, 9.17) is 15.4 Å². The van der Waals surface area contributed by atoms with Crippen LogP contribution in [0.25, 0.3) is 0 Å². The van der Waals surface area contributed by atoms with Crippen molar-refractivity contribution < 1.29 is 17.9 Å². The first-order valence-corrected chi connectivity index (χ1v) is 8.97. The van der Waals surface area contributed by atoms with E-state index in [0.29, 0.717) is 11.5 Å². The number of methoxy groups -OCH3 is 1. The molecule has 0 unspecified atom stereocenters. The van der Waals surface area contributed by atoms with E-state index in [1.165, 1.54) is 32.1 Å². The van der Waals surface area contributed by atoms with Crippen molar-refractivity contribution in [2.24, 2.45) is 5.92 Å². The van der Waals surface area contributed by atoms with Gasteiger partial charge < -0.3 is 9.64 Å². The van der Waals surface area contributed by atoms with Gasteiger partial charge in [-0.05, 0) is 36.5 Å². The average Bonchev–Trinajstić information content (AvgIpc) is 3.21. The highest BCUT2D eigenvalue weighted by Gasteiger charge is 2.25. The lowest BCUT2D eigenvalue weighted by molar-refractivity contribution is -0.129. The molecule has 21 heavy (non-hydrogen) atoms. The number of amides is 1. The van der Waals surface area contributed by atoms with Crippen molar-refractivity contribution in [3.63, 3.8) is 0 Å². The van der Waals surface area contributed by atoms with Gasteiger partial charge >= 0.3 is 0 Å². The SMILES string of the molecule is COc1ccc(CC(=O)N(C)CC2CC2)cc1S(=O)(=O)Cl. The molecule has 7 heteroatoms. The number of likely N-dealkylation sites (N-methyl/N-ethyl adjacent to an activating group) is 1. The Bertz CT molecular complexity index is 640. The van der Waals surface area contributed by atoms with Gasteiger partial charge in [-0.15, -0.1) is 0 Å². The Morgan fingerprint density at radius 3 is 2.62 bits per heavy atom. The lowest BCUT2D eigenvalue weighted by atomic mass is 10.1. The molecule has 0 radical (unpaired) electrons. The number of carbonyl (C=O) groups is 1. The number of rotatable bonds is 6. The smallest absolute Gasteiger partial charge is 0.264 e. The highest BCUT2D eigenvalue weighted by molar-refractivity contribution is 8.13. The fraction of sp³-hybridized carbons (Fsp3) is 0.500. The topological polar surface area (TPSA) is 63.7 Å². The molecule has 0 spiro atoms. The van der Waals surface area contributed by atoms with Crippen LogP contribution in [-0.4, -0.2) is 39.9 Å². The van der Waals surface area contributed by atoms with Gasteiger partial charge in [-0.3, -0.25) is 4.79 Å². The van der Waals surface area contributed by atoms with Crippen LogP contribution in [0.15, 0.2) is 23.1 Å². The van der Waals surface area contributed by atoms with Gasteiger partial charge in [0.05, 0.1) is 13.5 Å². The zero-order valence-corrected chi connectivity index (χ0v) is 13.6. The van der Waals surface area contributed by atoms with Crippen molar-refractivity contribution in [3.8, 4) is 5.75 Å². The van der Waals surface area contributed by atoms with Crippen molar-refractivity contribution in [3.05, 3.63) is 23.8 Å². The molecule has 1 fully saturated rings. The molecule has 1 aliphatic carbocycles. The minimum Gasteiger partial charge on any atom is -0.495 e. The fourth-order valence-electron chi connectivity index (χ4n) is 2.12. The third kappa shape index (κ3) is 4.35. The van der Waals surface area contributed by atoms with Gasteiger partial charge in [0.1, 0.15) is 10.6 Å². The molecule has 0 heterocycles. The van der Waals surface area contributed by atoms with Crippen LogP contribution in [0, 0.1) is 5.92 Å². The number of nitrogens with zero attached hydrogens (tertiary/aromatic N) is 1. The molecular weight excluding hydrogens is 314 g/mol. The molecule has 0 aromatic heterocycles. The summed E-state index contributed by atoms with van der Waals surface area (Å²) in [5, 5.41) is 0. The summed E-state index contributed by atoms with van der Waals surface area (Å²) in [6.07, 6.45) is 2.50. The van der Waals surface area contributed by atoms with Crippen LogP contribution < -0.4 is 4.74 Å². The monoisotopic (exact) mass is 331 g/mol. The minimum absolute atomic E-state index is 0.0370. The highest BCUT2D eigenvalue weighted by atomic mass is 35.7. The third-order valence-electron chi connectivity index (χ3n) is 3.50. The maximum absolute atomic E-state index is 12.1. The number of benzene rings is 1. The standard InChI is InChI=1S/C14H18ClNO4S/c1-16(9-10-3-4-10)14(17)8-11-5-6-12(20-2)13(7-11)21(15,18)19/h5-7,10H,3-4,8-9H2,1-2H3. The molecule has 0 N–H and O–H groups in total. The van der Waals surface area contributed by atoms with Gasteiger partial charge in [0.2, 0.25) is 5.91 Å². The van der Waals surface area contributed by atoms with E-state index in [0.717, 1.165) is 6.54 Å². The third-order valence-corrected chi connectivity index (χ3v) is 4.84. The molecular formula is C14H18ClNO4S. The summed E-state index contributed by atoms with van der Waals surface area (Å²) in [6, 6.07) is 4.58. The van der Waals surface area contributed by atoms with Crippen LogP contribution >= 0.6 is 10.7 Å². The molecule has 2 rings (SSSR count). The number of hydrogen-bond acceptors (Lipinski definition) is 4. The molecule has 0 bridgehead atoms. The Hall–Kier alpha value is -1.27. The quantitative estimate of drug-likeness (QED) is 0.748. The normalized spacial score (nSPS) is 14.8. The Labute approximate surface area is 129 Å². The Morgan fingerprint density at radius 2 is 2.10 bits per heavy atom. The first-order valence-electron chi connectivity index (χ1n) is 6.67. The molecule has 5 nitrogen and oxygen atoms in total. The molecule has 1 aliphatic rings. The molecule has 0 saturated heterocycles. The molecule has 1 amide bonds. The number of hydrogen-bond donors (Lipinski definition) is 0.